The minimum absolute atomic E-state index is 0. The van der Waals surface area contributed by atoms with Crippen molar-refractivity contribution in [3.05, 3.63) is 166 Å². The monoisotopic (exact) mass is 2240 g/mol. The summed E-state index contributed by atoms with van der Waals surface area (Å²) < 4.78 is 454. The van der Waals surface area contributed by atoms with Crippen molar-refractivity contribution in [2.45, 2.75) is 255 Å². The van der Waals surface area contributed by atoms with Crippen LogP contribution in [0.5, 0.6) is 0 Å². The second kappa shape index (κ2) is 65.4. The fraction of sp³-hybridized carbons (Fsp3) is 0.625. The van der Waals surface area contributed by atoms with Crippen LogP contribution in [0.1, 0.15) is 158 Å². The maximum atomic E-state index is 11.4. The Balaban J connectivity index is -0.000000335. The van der Waals surface area contributed by atoms with Gasteiger partial charge < -0.3 is 53.0 Å². The van der Waals surface area contributed by atoms with E-state index in [4.69, 9.17) is 0 Å². The third kappa shape index (κ3) is 60.9. The van der Waals surface area contributed by atoms with E-state index in [9.17, 15) is 173 Å². The van der Waals surface area contributed by atoms with Gasteiger partial charge in [-0.3, -0.25) is 0 Å². The number of unbranched alkanes of at least 4 members (excludes halogenated alkanes) is 8. The number of imidazole rings is 8. The summed E-state index contributed by atoms with van der Waals surface area (Å²) in [5.74, 6) is 0. The molecule has 0 bridgehead atoms. The van der Waals surface area contributed by atoms with Crippen molar-refractivity contribution in [2.24, 2.45) is 0 Å². The van der Waals surface area contributed by atoms with Crippen molar-refractivity contribution in [1.29, 1.82) is 0 Å². The van der Waals surface area contributed by atoms with Crippen LogP contribution >= 0.6 is 0 Å². The molecule has 8 rings (SSSR count). The van der Waals surface area contributed by atoms with Gasteiger partial charge >= 0.3 is 78.2 Å². The summed E-state index contributed by atoms with van der Waals surface area (Å²) in [5, 5.41) is 0. The normalized spacial score (nSPS) is 12.2. The van der Waals surface area contributed by atoms with Gasteiger partial charge in [-0.2, -0.15) is 105 Å². The molecule has 0 aliphatic rings. The molecule has 0 N–H and O–H groups in total. The third-order valence-corrected chi connectivity index (χ3v) is 24.7. The molecular formula is C64H96Cu2F24N20O16S8. The topological polar surface area (TPSA) is 472 Å². The van der Waals surface area contributed by atoms with Crippen LogP contribution in [0.15, 0.2) is 150 Å². The van der Waals surface area contributed by atoms with E-state index >= 15 is 0 Å². The summed E-state index contributed by atoms with van der Waals surface area (Å²) >= 11 is 0. The molecule has 70 heteroatoms. The Labute approximate surface area is 779 Å². The van der Waals surface area contributed by atoms with E-state index in [1.54, 1.807) is 0 Å². The Hall–Kier alpha value is -7.52. The van der Waals surface area contributed by atoms with Gasteiger partial charge in [-0.25, -0.2) is 107 Å². The van der Waals surface area contributed by atoms with Crippen molar-refractivity contribution >= 4 is 80.2 Å². The van der Waals surface area contributed by atoms with E-state index in [0.29, 0.717) is 0 Å². The molecule has 0 fully saturated rings. The van der Waals surface area contributed by atoms with Crippen LogP contribution in [0.4, 0.5) is 105 Å². The van der Waals surface area contributed by atoms with Gasteiger partial charge in [0.05, 0.1) is 50.6 Å². The molecular weight excluding hydrogens is 2140 g/mol. The Kier molecular flexibility index (Phi) is 66.9. The van der Waals surface area contributed by atoms with E-state index in [1.807, 2.05) is 150 Å². The largest absolute Gasteiger partial charge is 2.00 e. The maximum absolute atomic E-state index is 11.4. The zero-order valence-electron chi connectivity index (χ0n) is 71.2. The SMILES string of the molecule is CCCCn1ccnc1.CCCCn1ccnc1.CCCCn1ccnc1.CCCCn1ccnc1.CCCCn1ccnc1.CCCCn1ccnc1.CCCCn1ccnc1.CCCCn1ccnc1.O=S(=O)([N-]S(=O)(=O)C(F)(F)F)C(F)(F)F.O=S(=O)([N-]S(=O)(=O)C(F)(F)F)C(F)(F)F.O=S(=O)([N-]S(=O)(=O)C(F)(F)F)C(F)(F)F.O=S(=O)([N-]S(=O)(=O)C(F)(F)F)C(F)(F)F.[Cu+2].[Cu+2]. The van der Waals surface area contributed by atoms with Crippen molar-refractivity contribution in [3.63, 3.8) is 0 Å². The summed E-state index contributed by atoms with van der Waals surface area (Å²) in [6.07, 6.45) is 65.3. The molecule has 134 heavy (non-hydrogen) atoms. The van der Waals surface area contributed by atoms with E-state index < -0.39 is 124 Å². The molecule has 8 heterocycles. The number of rotatable bonds is 32. The minimum atomic E-state index is -6.72. The second-order valence-corrected chi connectivity index (χ2v) is 38.6. The first-order valence-corrected chi connectivity index (χ1v) is 48.9. The number of hydrogen-bond donors (Lipinski definition) is 0. The molecule has 0 atom stereocenters. The van der Waals surface area contributed by atoms with E-state index in [2.05, 4.69) is 132 Å². The number of aryl methyl sites for hydroxylation is 8. The molecule has 8 aromatic rings. The van der Waals surface area contributed by atoms with Gasteiger partial charge in [0.2, 0.25) is 0 Å². The average Bonchev–Trinajstić information content (AvgIpc) is 1.07. The molecule has 786 valence electrons. The number of halogens is 24. The summed E-state index contributed by atoms with van der Waals surface area (Å²) in [6, 6.07) is 0. The molecule has 0 aliphatic heterocycles. The van der Waals surface area contributed by atoms with Crippen LogP contribution in [0.3, 0.4) is 0 Å². The zero-order chi connectivity index (χ0) is 103. The summed E-state index contributed by atoms with van der Waals surface area (Å²) in [7, 11) is -53.8. The first-order chi connectivity index (χ1) is 60.3. The number of sulfonamides is 8. The van der Waals surface area contributed by atoms with Crippen molar-refractivity contribution < 1.29 is 207 Å². The maximum Gasteiger partial charge on any atom is 2.00 e. The van der Waals surface area contributed by atoms with Crippen LogP contribution in [0, 0.1) is 0 Å². The molecule has 0 saturated carbocycles. The summed E-state index contributed by atoms with van der Waals surface area (Å²) in [4.78, 5) is 31.5. The van der Waals surface area contributed by atoms with E-state index in [-0.39, 0.29) is 34.1 Å². The van der Waals surface area contributed by atoms with E-state index in [1.165, 1.54) is 103 Å². The summed E-state index contributed by atoms with van der Waals surface area (Å²) in [5.41, 5.74) is -49.6. The predicted octanol–water partition coefficient (Wildman–Crippen LogP) is 17.7. The number of hydrogen-bond acceptors (Lipinski definition) is 24. The van der Waals surface area contributed by atoms with E-state index in [0.717, 1.165) is 68.9 Å². The van der Waals surface area contributed by atoms with Crippen molar-refractivity contribution in [1.82, 2.24) is 76.4 Å². The van der Waals surface area contributed by atoms with Gasteiger partial charge in [0.25, 0.3) is 0 Å². The van der Waals surface area contributed by atoms with Gasteiger partial charge in [0, 0.05) is 152 Å². The minimum Gasteiger partial charge on any atom is -0.421 e. The Morgan fingerprint density at radius 3 is 0.321 bits per heavy atom. The molecule has 0 unspecified atom stereocenters. The Morgan fingerprint density at radius 1 is 0.187 bits per heavy atom. The van der Waals surface area contributed by atoms with Gasteiger partial charge in [-0.05, 0) is 51.4 Å². The second-order valence-electron chi connectivity index (χ2n) is 24.9. The molecule has 0 spiro atoms. The first kappa shape index (κ1) is 137. The fourth-order valence-corrected chi connectivity index (χ4v) is 13.8. The van der Waals surface area contributed by atoms with Crippen LogP contribution in [0.25, 0.3) is 16.5 Å². The number of nitrogens with zero attached hydrogens (tertiary/aromatic N) is 20. The Morgan fingerprint density at radius 2 is 0.269 bits per heavy atom. The Bertz CT molecular complexity index is 4240. The summed E-state index contributed by atoms with van der Waals surface area (Å²) in [6.45, 7) is 26.4. The van der Waals surface area contributed by atoms with Crippen molar-refractivity contribution in [3.8, 4) is 0 Å². The van der Waals surface area contributed by atoms with Crippen LogP contribution in [-0.2, 0) is 167 Å². The number of aromatic nitrogens is 16. The number of alkyl halides is 24. The molecule has 0 saturated heterocycles. The smallest absolute Gasteiger partial charge is 0.421 e. The zero-order valence-corrected chi connectivity index (χ0v) is 79.7. The third-order valence-electron chi connectivity index (χ3n) is 13.8. The van der Waals surface area contributed by atoms with Crippen LogP contribution < -0.4 is 0 Å². The molecule has 36 nitrogen and oxygen atoms in total. The van der Waals surface area contributed by atoms with Crippen molar-refractivity contribution in [2.75, 3.05) is 0 Å². The molecule has 0 aromatic carbocycles. The standard InChI is InChI=1S/8C7H12N2.4C2F6NO4S2.2Cu/c8*1-2-3-5-9-6-4-8-7-9;4*3-1(4,5)14(10,11)9-15(12,13)2(6,7)8;;/h8*4,6-7H,2-3,5H2,1H3;;;;;;/q;;;;;;;;4*-1;2*+2. The quantitative estimate of drug-likeness (QED) is 0.0279. The molecule has 0 aliphatic carbocycles. The average molecular weight is 2240 g/mol. The van der Waals surface area contributed by atoms with Gasteiger partial charge in [-0.15, -0.1) is 0 Å². The first-order valence-electron chi connectivity index (χ1n) is 37.4. The predicted molar refractivity (Wildman–Crippen MR) is 430 cm³/mol. The molecule has 8 aromatic heterocycles. The fourth-order valence-electron chi connectivity index (χ4n) is 6.93. The molecule has 2 radical (unpaired) electrons. The molecule has 0 amide bonds. The van der Waals surface area contributed by atoms with Gasteiger partial charge in [-0.1, -0.05) is 107 Å². The van der Waals surface area contributed by atoms with Crippen LogP contribution in [-0.4, -0.2) is 188 Å². The van der Waals surface area contributed by atoms with Crippen LogP contribution in [0.2, 0.25) is 0 Å². The van der Waals surface area contributed by atoms with Gasteiger partial charge in [0.15, 0.2) is 80.2 Å². The van der Waals surface area contributed by atoms with Gasteiger partial charge in [0.1, 0.15) is 0 Å².